The maximum absolute atomic E-state index is 12.5. The van der Waals surface area contributed by atoms with E-state index in [0.717, 1.165) is 17.7 Å². The highest BCUT2D eigenvalue weighted by Crippen LogP contribution is 2.20. The Balaban J connectivity index is 1.61. The Bertz CT molecular complexity index is 888. The first kappa shape index (κ1) is 20.5. The number of aromatic nitrogens is 3. The summed E-state index contributed by atoms with van der Waals surface area (Å²) in [7, 11) is 0. The molecule has 3 rings (SSSR count). The number of aryl methyl sites for hydroxylation is 1. The van der Waals surface area contributed by atoms with Crippen molar-refractivity contribution in [1.29, 1.82) is 0 Å². The zero-order valence-corrected chi connectivity index (χ0v) is 16.7. The number of nitrogens with zero attached hydrogens (tertiary/aromatic N) is 4. The Morgan fingerprint density at radius 1 is 1.28 bits per heavy atom. The summed E-state index contributed by atoms with van der Waals surface area (Å²) in [6.45, 7) is 4.76. The van der Waals surface area contributed by atoms with Crippen molar-refractivity contribution in [1.82, 2.24) is 19.9 Å². The molecule has 1 saturated heterocycles. The van der Waals surface area contributed by atoms with Crippen LogP contribution in [0.4, 0.5) is 17.6 Å². The predicted molar refractivity (Wildman–Crippen MR) is 108 cm³/mol. The largest absolute Gasteiger partial charge is 0.457 e. The molecule has 1 aromatic heterocycles. The molecule has 9 nitrogen and oxygen atoms in total. The van der Waals surface area contributed by atoms with Gasteiger partial charge in [0.2, 0.25) is 17.8 Å². The molecule has 0 aliphatic carbocycles. The molecule has 1 fully saturated rings. The van der Waals surface area contributed by atoms with Crippen molar-refractivity contribution < 1.29 is 14.3 Å². The highest BCUT2D eigenvalue weighted by molar-refractivity contribution is 5.78. The van der Waals surface area contributed by atoms with Crippen molar-refractivity contribution >= 4 is 29.5 Å². The van der Waals surface area contributed by atoms with Gasteiger partial charge in [-0.1, -0.05) is 25.1 Å². The molecule has 1 aliphatic rings. The van der Waals surface area contributed by atoms with E-state index < -0.39 is 0 Å². The van der Waals surface area contributed by atoms with E-state index in [-0.39, 0.29) is 42.1 Å². The van der Waals surface area contributed by atoms with Crippen LogP contribution in [0.15, 0.2) is 24.3 Å². The van der Waals surface area contributed by atoms with Gasteiger partial charge in [0.05, 0.1) is 5.92 Å². The molecule has 9 heteroatoms. The van der Waals surface area contributed by atoms with Gasteiger partial charge in [0.25, 0.3) is 0 Å². The summed E-state index contributed by atoms with van der Waals surface area (Å²) in [5.74, 6) is -0.0392. The summed E-state index contributed by atoms with van der Waals surface area (Å²) in [5, 5.41) is 3.10. The minimum absolute atomic E-state index is 0.0412. The molecule has 3 N–H and O–H groups in total. The van der Waals surface area contributed by atoms with Gasteiger partial charge in [-0.15, -0.1) is 0 Å². The maximum Gasteiger partial charge on any atom is 0.311 e. The molecule has 0 radical (unpaired) electrons. The second-order valence-electron chi connectivity index (χ2n) is 7.01. The highest BCUT2D eigenvalue weighted by atomic mass is 16.5. The number of carbonyl (C=O) groups is 2. The molecule has 0 bridgehead atoms. The average molecular weight is 398 g/mol. The van der Waals surface area contributed by atoms with E-state index in [4.69, 9.17) is 10.5 Å². The topological polar surface area (TPSA) is 123 Å². The Morgan fingerprint density at radius 2 is 2.07 bits per heavy atom. The van der Waals surface area contributed by atoms with Gasteiger partial charge in [0, 0.05) is 25.2 Å². The fourth-order valence-corrected chi connectivity index (χ4v) is 3.27. The zero-order chi connectivity index (χ0) is 20.8. The highest BCUT2D eigenvalue weighted by Gasteiger charge is 2.29. The number of nitrogens with two attached hydrogens (primary N) is 1. The average Bonchev–Trinajstić information content (AvgIpc) is 2.73. The van der Waals surface area contributed by atoms with Crippen molar-refractivity contribution in [2.24, 2.45) is 5.92 Å². The van der Waals surface area contributed by atoms with Gasteiger partial charge in [-0.3, -0.25) is 9.59 Å². The van der Waals surface area contributed by atoms with Gasteiger partial charge in [-0.2, -0.15) is 15.0 Å². The fourth-order valence-electron chi connectivity index (χ4n) is 3.27. The van der Waals surface area contributed by atoms with Crippen molar-refractivity contribution in [3.63, 3.8) is 0 Å². The van der Waals surface area contributed by atoms with Gasteiger partial charge in [-0.05, 0) is 31.4 Å². The van der Waals surface area contributed by atoms with Crippen molar-refractivity contribution in [2.75, 3.05) is 24.1 Å². The fraction of sp³-hybridized carbons (Fsp3) is 0.450. The maximum atomic E-state index is 12.5. The standard InChI is InChI=1S/C20H26N6O3/c1-3-17(27)26-10-6-8-14(11-26)18(28)29-12-16-23-19(21)25-20(24-16)22-15-9-5-4-7-13(15)2/h4-5,7,9,14H,3,6,8,10-12H2,1-2H3,(H3,21,22,23,24,25)/t14-/m1/s1. The minimum Gasteiger partial charge on any atom is -0.457 e. The number of ether oxygens (including phenoxy) is 1. The smallest absolute Gasteiger partial charge is 0.311 e. The first-order chi connectivity index (χ1) is 14.0. The minimum atomic E-state index is -0.356. The molecule has 2 heterocycles. The van der Waals surface area contributed by atoms with Crippen LogP contribution in [0, 0.1) is 12.8 Å². The van der Waals surface area contributed by atoms with Crippen LogP contribution >= 0.6 is 0 Å². The van der Waals surface area contributed by atoms with Crippen LogP contribution < -0.4 is 11.1 Å². The Morgan fingerprint density at radius 3 is 2.83 bits per heavy atom. The Labute approximate surface area is 169 Å². The van der Waals surface area contributed by atoms with Crippen LogP contribution in [-0.4, -0.2) is 44.8 Å². The van der Waals surface area contributed by atoms with Crippen LogP contribution in [0.1, 0.15) is 37.6 Å². The number of rotatable bonds is 6. The van der Waals surface area contributed by atoms with E-state index in [1.54, 1.807) is 4.90 Å². The van der Waals surface area contributed by atoms with E-state index in [1.165, 1.54) is 0 Å². The Kier molecular flexibility index (Phi) is 6.58. The van der Waals surface area contributed by atoms with Crippen LogP contribution in [0.2, 0.25) is 0 Å². The second kappa shape index (κ2) is 9.31. The van der Waals surface area contributed by atoms with Gasteiger partial charge >= 0.3 is 5.97 Å². The number of nitrogen functional groups attached to an aromatic ring is 1. The number of nitrogens with one attached hydrogen (secondary N) is 1. The van der Waals surface area contributed by atoms with Gasteiger partial charge < -0.3 is 20.7 Å². The molecule has 1 aliphatic heterocycles. The van der Waals surface area contributed by atoms with E-state index in [9.17, 15) is 9.59 Å². The number of para-hydroxylation sites is 1. The molecular weight excluding hydrogens is 372 g/mol. The molecule has 0 unspecified atom stereocenters. The molecule has 29 heavy (non-hydrogen) atoms. The lowest BCUT2D eigenvalue weighted by Gasteiger charge is -2.31. The number of amides is 1. The van der Waals surface area contributed by atoms with Crippen LogP contribution in [0.5, 0.6) is 0 Å². The summed E-state index contributed by atoms with van der Waals surface area (Å²) in [6, 6.07) is 7.71. The normalized spacial score (nSPS) is 16.3. The number of anilines is 3. The molecular formula is C20H26N6O3. The number of hydrogen-bond acceptors (Lipinski definition) is 8. The van der Waals surface area contributed by atoms with Crippen LogP contribution in [-0.2, 0) is 20.9 Å². The zero-order valence-electron chi connectivity index (χ0n) is 16.7. The third-order valence-electron chi connectivity index (χ3n) is 4.84. The van der Waals surface area contributed by atoms with E-state index in [0.29, 0.717) is 25.9 Å². The third-order valence-corrected chi connectivity index (χ3v) is 4.84. The summed E-state index contributed by atoms with van der Waals surface area (Å²) < 4.78 is 5.40. The lowest BCUT2D eigenvalue weighted by molar-refractivity contribution is -0.153. The van der Waals surface area contributed by atoms with Crippen molar-refractivity contribution in [3.8, 4) is 0 Å². The van der Waals surface area contributed by atoms with E-state index >= 15 is 0 Å². The van der Waals surface area contributed by atoms with E-state index in [1.807, 2.05) is 38.1 Å². The number of benzene rings is 1. The summed E-state index contributed by atoms with van der Waals surface area (Å²) >= 11 is 0. The third kappa shape index (κ3) is 5.40. The number of hydrogen-bond donors (Lipinski definition) is 2. The van der Waals surface area contributed by atoms with Gasteiger partial charge in [0.15, 0.2) is 12.4 Å². The number of piperidine rings is 1. The number of esters is 1. The number of carbonyl (C=O) groups excluding carboxylic acids is 2. The second-order valence-corrected chi connectivity index (χ2v) is 7.01. The van der Waals surface area contributed by atoms with Crippen LogP contribution in [0.3, 0.4) is 0 Å². The Hall–Kier alpha value is -3.23. The summed E-state index contributed by atoms with van der Waals surface area (Å²) in [4.78, 5) is 38.5. The van der Waals surface area contributed by atoms with Crippen molar-refractivity contribution in [2.45, 2.75) is 39.7 Å². The molecule has 0 spiro atoms. The molecule has 0 saturated carbocycles. The molecule has 2 aromatic rings. The summed E-state index contributed by atoms with van der Waals surface area (Å²) in [5.41, 5.74) is 7.66. The SMILES string of the molecule is CCC(=O)N1CCC[C@@H](C(=O)OCc2nc(N)nc(Nc3ccccc3C)n2)C1. The predicted octanol–water partition coefficient (Wildman–Crippen LogP) is 2.20. The quantitative estimate of drug-likeness (QED) is 0.710. The lowest BCUT2D eigenvalue weighted by atomic mass is 9.98. The van der Waals surface area contributed by atoms with Crippen molar-refractivity contribution in [3.05, 3.63) is 35.7 Å². The number of likely N-dealkylation sites (tertiary alicyclic amines) is 1. The van der Waals surface area contributed by atoms with Crippen LogP contribution in [0.25, 0.3) is 0 Å². The molecule has 1 amide bonds. The summed E-state index contributed by atoms with van der Waals surface area (Å²) in [6.07, 6.45) is 1.92. The van der Waals surface area contributed by atoms with E-state index in [2.05, 4.69) is 20.3 Å². The van der Waals surface area contributed by atoms with Gasteiger partial charge in [0.1, 0.15) is 0 Å². The molecule has 154 valence electrons. The first-order valence-electron chi connectivity index (χ1n) is 9.73. The first-order valence-corrected chi connectivity index (χ1v) is 9.73. The monoisotopic (exact) mass is 398 g/mol. The molecule has 1 aromatic carbocycles. The lowest BCUT2D eigenvalue weighted by Crippen LogP contribution is -2.42. The molecule has 1 atom stereocenters. The van der Waals surface area contributed by atoms with Gasteiger partial charge in [-0.25, -0.2) is 0 Å².